The highest BCUT2D eigenvalue weighted by molar-refractivity contribution is 4.81. The molecule has 0 aromatic heterocycles. The summed E-state index contributed by atoms with van der Waals surface area (Å²) in [6.45, 7) is 8.76. The van der Waals surface area contributed by atoms with Crippen LogP contribution in [0, 0.1) is 5.92 Å². The summed E-state index contributed by atoms with van der Waals surface area (Å²) in [5, 5.41) is 3.68. The van der Waals surface area contributed by atoms with E-state index in [1.54, 1.807) is 0 Å². The Morgan fingerprint density at radius 2 is 1.74 bits per heavy atom. The van der Waals surface area contributed by atoms with Gasteiger partial charge in [-0.15, -0.1) is 0 Å². The van der Waals surface area contributed by atoms with Gasteiger partial charge in [0.25, 0.3) is 0 Å². The molecule has 0 spiro atoms. The van der Waals surface area contributed by atoms with Crippen molar-refractivity contribution in [1.82, 2.24) is 5.32 Å². The van der Waals surface area contributed by atoms with Gasteiger partial charge in [-0.25, -0.2) is 0 Å². The van der Waals surface area contributed by atoms with Crippen molar-refractivity contribution in [2.24, 2.45) is 5.92 Å². The summed E-state index contributed by atoms with van der Waals surface area (Å²) in [5.41, 5.74) is 0. The molecule has 3 unspecified atom stereocenters. The van der Waals surface area contributed by atoms with Crippen molar-refractivity contribution in [3.8, 4) is 0 Å². The third-order valence-corrected chi connectivity index (χ3v) is 4.38. The molecule has 0 aromatic rings. The molecule has 0 saturated carbocycles. The molecule has 19 heavy (non-hydrogen) atoms. The lowest BCUT2D eigenvalue weighted by Crippen LogP contribution is -2.36. The zero-order chi connectivity index (χ0) is 13.9. The van der Waals surface area contributed by atoms with Crippen molar-refractivity contribution < 1.29 is 4.74 Å². The first-order valence-corrected chi connectivity index (χ1v) is 8.62. The minimum atomic E-state index is 0.472. The fourth-order valence-electron chi connectivity index (χ4n) is 3.22. The second-order valence-electron chi connectivity index (χ2n) is 6.21. The van der Waals surface area contributed by atoms with Crippen LogP contribution in [-0.4, -0.2) is 25.3 Å². The molecule has 1 aliphatic heterocycles. The van der Waals surface area contributed by atoms with E-state index in [1.165, 1.54) is 57.8 Å². The van der Waals surface area contributed by atoms with Gasteiger partial charge in [-0.3, -0.25) is 0 Å². The van der Waals surface area contributed by atoms with E-state index in [0.717, 1.165) is 19.1 Å². The predicted octanol–water partition coefficient (Wildman–Crippen LogP) is 4.53. The van der Waals surface area contributed by atoms with Crippen LogP contribution < -0.4 is 5.32 Å². The summed E-state index contributed by atoms with van der Waals surface area (Å²) < 4.78 is 5.72. The Bertz CT molecular complexity index is 207. The number of ether oxygens (including phenoxy) is 1. The standard InChI is InChI=1S/C17H35NO/c1-4-6-7-8-9-10-11-12-17(18-5-2)16-13-15(3)19-14-16/h15-18H,4-14H2,1-3H3. The molecule has 1 aliphatic rings. The van der Waals surface area contributed by atoms with Gasteiger partial charge in [0.15, 0.2) is 0 Å². The lowest BCUT2D eigenvalue weighted by atomic mass is 9.92. The molecule has 2 nitrogen and oxygen atoms in total. The summed E-state index contributed by atoms with van der Waals surface area (Å²) in [4.78, 5) is 0. The maximum Gasteiger partial charge on any atom is 0.0551 e. The summed E-state index contributed by atoms with van der Waals surface area (Å²) in [6.07, 6.45) is 12.9. The van der Waals surface area contributed by atoms with Crippen LogP contribution in [0.5, 0.6) is 0 Å². The van der Waals surface area contributed by atoms with E-state index >= 15 is 0 Å². The van der Waals surface area contributed by atoms with Gasteiger partial charge < -0.3 is 10.1 Å². The third-order valence-electron chi connectivity index (χ3n) is 4.38. The number of unbranched alkanes of at least 4 members (excludes halogenated alkanes) is 6. The van der Waals surface area contributed by atoms with E-state index in [2.05, 4.69) is 26.1 Å². The van der Waals surface area contributed by atoms with E-state index in [4.69, 9.17) is 4.74 Å². The second-order valence-corrected chi connectivity index (χ2v) is 6.21. The summed E-state index contributed by atoms with van der Waals surface area (Å²) in [7, 11) is 0. The Morgan fingerprint density at radius 3 is 2.32 bits per heavy atom. The van der Waals surface area contributed by atoms with Crippen LogP contribution in [-0.2, 0) is 4.74 Å². The second kappa shape index (κ2) is 10.7. The van der Waals surface area contributed by atoms with E-state index in [1.807, 2.05) is 0 Å². The number of hydrogen-bond acceptors (Lipinski definition) is 2. The molecular weight excluding hydrogens is 234 g/mol. The van der Waals surface area contributed by atoms with Gasteiger partial charge in [0.1, 0.15) is 0 Å². The lowest BCUT2D eigenvalue weighted by Gasteiger charge is -2.23. The highest BCUT2D eigenvalue weighted by Crippen LogP contribution is 2.25. The Hall–Kier alpha value is -0.0800. The topological polar surface area (TPSA) is 21.3 Å². The van der Waals surface area contributed by atoms with Gasteiger partial charge in [-0.05, 0) is 26.3 Å². The van der Waals surface area contributed by atoms with E-state index < -0.39 is 0 Å². The van der Waals surface area contributed by atoms with Crippen LogP contribution in [0.4, 0.5) is 0 Å². The first-order valence-electron chi connectivity index (χ1n) is 8.62. The molecule has 0 aromatic carbocycles. The van der Waals surface area contributed by atoms with Crippen molar-refractivity contribution >= 4 is 0 Å². The molecular formula is C17H35NO. The smallest absolute Gasteiger partial charge is 0.0551 e. The average molecular weight is 269 g/mol. The van der Waals surface area contributed by atoms with Gasteiger partial charge in [0.2, 0.25) is 0 Å². The van der Waals surface area contributed by atoms with Crippen LogP contribution in [0.3, 0.4) is 0 Å². The van der Waals surface area contributed by atoms with Crippen LogP contribution in [0.2, 0.25) is 0 Å². The number of nitrogens with one attached hydrogen (secondary N) is 1. The van der Waals surface area contributed by atoms with Crippen LogP contribution >= 0.6 is 0 Å². The molecule has 1 rings (SSSR count). The summed E-state index contributed by atoms with van der Waals surface area (Å²) in [6, 6.07) is 0.686. The van der Waals surface area contributed by atoms with E-state index in [9.17, 15) is 0 Å². The monoisotopic (exact) mass is 269 g/mol. The maximum atomic E-state index is 5.72. The maximum absolute atomic E-state index is 5.72. The molecule has 114 valence electrons. The van der Waals surface area contributed by atoms with E-state index in [-0.39, 0.29) is 0 Å². The zero-order valence-electron chi connectivity index (χ0n) is 13.4. The predicted molar refractivity (Wildman–Crippen MR) is 83.6 cm³/mol. The molecule has 1 saturated heterocycles. The molecule has 0 bridgehead atoms. The fourth-order valence-corrected chi connectivity index (χ4v) is 3.22. The molecule has 2 heteroatoms. The molecule has 0 radical (unpaired) electrons. The summed E-state index contributed by atoms with van der Waals surface area (Å²) in [5.74, 6) is 0.745. The average Bonchev–Trinajstić information content (AvgIpc) is 2.83. The lowest BCUT2D eigenvalue weighted by molar-refractivity contribution is 0.116. The SMILES string of the molecule is CCCCCCCCCC(NCC)C1COC(C)C1. The highest BCUT2D eigenvalue weighted by atomic mass is 16.5. The Kier molecular flexibility index (Phi) is 9.54. The zero-order valence-corrected chi connectivity index (χ0v) is 13.4. The fraction of sp³-hybridized carbons (Fsp3) is 1.00. The van der Waals surface area contributed by atoms with Gasteiger partial charge in [-0.1, -0.05) is 58.8 Å². The normalized spacial score (nSPS) is 24.8. The van der Waals surface area contributed by atoms with Gasteiger partial charge >= 0.3 is 0 Å². The van der Waals surface area contributed by atoms with Crippen LogP contribution in [0.1, 0.15) is 78.6 Å². The first-order chi connectivity index (χ1) is 9.27. The number of hydrogen-bond donors (Lipinski definition) is 1. The van der Waals surface area contributed by atoms with Crippen LogP contribution in [0.15, 0.2) is 0 Å². The van der Waals surface area contributed by atoms with Gasteiger partial charge in [0, 0.05) is 12.0 Å². The quantitative estimate of drug-likeness (QED) is 0.556. The first kappa shape index (κ1) is 17.0. The van der Waals surface area contributed by atoms with Gasteiger partial charge in [-0.2, -0.15) is 0 Å². The molecule has 1 N–H and O–H groups in total. The van der Waals surface area contributed by atoms with Crippen molar-refractivity contribution in [2.45, 2.75) is 90.7 Å². The van der Waals surface area contributed by atoms with E-state index in [0.29, 0.717) is 12.1 Å². The molecule has 1 heterocycles. The van der Waals surface area contributed by atoms with Crippen molar-refractivity contribution in [1.29, 1.82) is 0 Å². The molecule has 0 aliphatic carbocycles. The minimum Gasteiger partial charge on any atom is -0.378 e. The largest absolute Gasteiger partial charge is 0.378 e. The molecule has 3 atom stereocenters. The highest BCUT2D eigenvalue weighted by Gasteiger charge is 2.28. The van der Waals surface area contributed by atoms with Crippen LogP contribution in [0.25, 0.3) is 0 Å². The summed E-state index contributed by atoms with van der Waals surface area (Å²) >= 11 is 0. The Morgan fingerprint density at radius 1 is 1.05 bits per heavy atom. The molecule has 1 fully saturated rings. The Balaban J connectivity index is 2.08. The third kappa shape index (κ3) is 7.31. The van der Waals surface area contributed by atoms with Crippen molar-refractivity contribution in [3.63, 3.8) is 0 Å². The van der Waals surface area contributed by atoms with Crippen molar-refractivity contribution in [3.05, 3.63) is 0 Å². The minimum absolute atomic E-state index is 0.472. The Labute approximate surface area is 120 Å². The molecule has 0 amide bonds. The van der Waals surface area contributed by atoms with Crippen molar-refractivity contribution in [2.75, 3.05) is 13.2 Å². The number of rotatable bonds is 11. The van der Waals surface area contributed by atoms with Gasteiger partial charge in [0.05, 0.1) is 12.7 Å².